The van der Waals surface area contributed by atoms with Crippen LogP contribution < -0.4 is 5.32 Å². The summed E-state index contributed by atoms with van der Waals surface area (Å²) in [6.07, 6.45) is -0.604. The van der Waals surface area contributed by atoms with E-state index in [4.69, 9.17) is 4.84 Å². The fourth-order valence-electron chi connectivity index (χ4n) is 5.71. The van der Waals surface area contributed by atoms with Crippen molar-refractivity contribution >= 4 is 23.4 Å². The minimum atomic E-state index is -1.32. The smallest absolute Gasteiger partial charge is 0.272 e. The molecule has 8 nitrogen and oxygen atoms in total. The van der Waals surface area contributed by atoms with Gasteiger partial charge in [0, 0.05) is 32.7 Å². The number of nitrogens with zero attached hydrogens (tertiary/aromatic N) is 3. The van der Waals surface area contributed by atoms with Crippen molar-refractivity contribution in [1.82, 2.24) is 15.1 Å². The summed E-state index contributed by atoms with van der Waals surface area (Å²) in [7, 11) is 0. The molecule has 2 fully saturated rings. The third-order valence-electron chi connectivity index (χ3n) is 8.02. The Kier molecular flexibility index (Phi) is 7.42. The molecule has 0 aliphatic carbocycles. The van der Waals surface area contributed by atoms with Crippen molar-refractivity contribution < 1.29 is 23.6 Å². The molecule has 2 saturated heterocycles. The normalized spacial score (nSPS) is 25.1. The molecule has 0 radical (unpaired) electrons. The lowest BCUT2D eigenvalue weighted by Gasteiger charge is -2.27. The first-order chi connectivity index (χ1) is 18.7. The van der Waals surface area contributed by atoms with Crippen LogP contribution in [0, 0.1) is 0 Å². The maximum atomic E-state index is 14.7. The summed E-state index contributed by atoms with van der Waals surface area (Å²) in [5.74, 6) is -0.590. The van der Waals surface area contributed by atoms with Crippen LogP contribution in [-0.4, -0.2) is 70.7 Å². The first kappa shape index (κ1) is 26.8. The van der Waals surface area contributed by atoms with E-state index in [1.54, 1.807) is 4.90 Å². The van der Waals surface area contributed by atoms with Crippen molar-refractivity contribution in [3.05, 3.63) is 71.3 Å². The van der Waals surface area contributed by atoms with Gasteiger partial charge < -0.3 is 20.0 Å². The highest BCUT2D eigenvalue weighted by atomic mass is 19.1. The second-order valence-corrected chi connectivity index (χ2v) is 11.2. The predicted octanol–water partition coefficient (Wildman–Crippen LogP) is 3.72. The molecule has 9 heteroatoms. The van der Waals surface area contributed by atoms with Gasteiger partial charge in [-0.25, -0.2) is 4.39 Å². The molecule has 4 unspecified atom stereocenters. The topological polar surface area (TPSA) is 91.3 Å². The fraction of sp³-hybridized carbons (Fsp3) is 0.467. The highest BCUT2D eigenvalue weighted by molar-refractivity contribution is 6.39. The van der Waals surface area contributed by atoms with Gasteiger partial charge in [-0.05, 0) is 22.6 Å². The minimum Gasteiger partial charge on any atom is -0.386 e. The van der Waals surface area contributed by atoms with E-state index < -0.39 is 35.7 Å². The number of alkyl halides is 1. The summed E-state index contributed by atoms with van der Waals surface area (Å²) in [5, 5.41) is 7.13. The zero-order valence-electron chi connectivity index (χ0n) is 22.6. The molecule has 1 spiro atoms. The Labute approximate surface area is 228 Å². The molecular weight excluding hydrogens is 499 g/mol. The highest BCUT2D eigenvalue weighted by Gasteiger charge is 2.50. The average Bonchev–Trinajstić information content (AvgIpc) is 3.66. The van der Waals surface area contributed by atoms with Gasteiger partial charge in [0.15, 0.2) is 5.60 Å². The molecule has 2 aromatic carbocycles. The minimum absolute atomic E-state index is 0.0568. The Bertz CT molecular complexity index is 1270. The third kappa shape index (κ3) is 5.53. The number of rotatable bonds is 6. The van der Waals surface area contributed by atoms with Gasteiger partial charge in [0.2, 0.25) is 11.8 Å². The lowest BCUT2D eigenvalue weighted by Crippen LogP contribution is -2.49. The maximum Gasteiger partial charge on any atom is 0.272 e. The second-order valence-electron chi connectivity index (χ2n) is 11.2. The summed E-state index contributed by atoms with van der Waals surface area (Å²) in [6, 6.07) is 16.3. The molecular formula is C30H35FN4O4. The molecule has 3 amide bonds. The van der Waals surface area contributed by atoms with E-state index >= 15 is 0 Å². The molecule has 1 N–H and O–H groups in total. The molecule has 0 bridgehead atoms. The Morgan fingerprint density at radius 2 is 1.72 bits per heavy atom. The van der Waals surface area contributed by atoms with Gasteiger partial charge >= 0.3 is 0 Å². The Hall–Kier alpha value is -3.75. The van der Waals surface area contributed by atoms with Crippen LogP contribution in [0.1, 0.15) is 68.7 Å². The quantitative estimate of drug-likeness (QED) is 0.612. The van der Waals surface area contributed by atoms with E-state index in [0.717, 1.165) is 11.1 Å². The van der Waals surface area contributed by atoms with Gasteiger partial charge in [0.25, 0.3) is 5.91 Å². The van der Waals surface area contributed by atoms with Crippen LogP contribution in [0.3, 0.4) is 0 Å². The van der Waals surface area contributed by atoms with Gasteiger partial charge in [0.05, 0.1) is 19.1 Å². The molecule has 0 saturated carbocycles. The monoisotopic (exact) mass is 534 g/mol. The third-order valence-corrected chi connectivity index (χ3v) is 8.02. The van der Waals surface area contributed by atoms with Gasteiger partial charge in [-0.3, -0.25) is 14.4 Å². The number of benzene rings is 2. The summed E-state index contributed by atoms with van der Waals surface area (Å²) in [4.78, 5) is 47.5. The molecule has 2 aromatic rings. The van der Waals surface area contributed by atoms with Gasteiger partial charge in [0.1, 0.15) is 17.9 Å². The summed E-state index contributed by atoms with van der Waals surface area (Å²) in [5.41, 5.74) is 2.41. The van der Waals surface area contributed by atoms with E-state index in [1.165, 1.54) is 17.4 Å². The standard InChI is InChI=1S/C30H35FN4O4/c1-19(2)21-9-11-23(12-10-21)27(22-7-5-4-6-8-22)32-28(37)26-15-24(31)17-35(26)29(38)25-16-30(39-33-25)13-14-34(18-30)20(3)36/h4-12,19,24,26-27H,13-18H2,1-3H3,(H,32,37). The first-order valence-corrected chi connectivity index (χ1v) is 13.6. The summed E-state index contributed by atoms with van der Waals surface area (Å²) in [6.45, 7) is 6.45. The van der Waals surface area contributed by atoms with Gasteiger partial charge in [-0.2, -0.15) is 0 Å². The zero-order chi connectivity index (χ0) is 27.7. The number of carbonyl (C=O) groups is 3. The van der Waals surface area contributed by atoms with Crippen molar-refractivity contribution in [1.29, 1.82) is 0 Å². The predicted molar refractivity (Wildman–Crippen MR) is 145 cm³/mol. The number of oxime groups is 1. The SMILES string of the molecule is CC(=O)N1CCC2(CC(C(=O)N3CC(F)CC3C(=O)NC(c3ccccc3)c3ccc(C(C)C)cc3)=NO2)C1. The second kappa shape index (κ2) is 10.8. The van der Waals surface area contributed by atoms with Crippen molar-refractivity contribution in [3.8, 4) is 0 Å². The fourth-order valence-corrected chi connectivity index (χ4v) is 5.71. The van der Waals surface area contributed by atoms with Crippen molar-refractivity contribution in [2.75, 3.05) is 19.6 Å². The van der Waals surface area contributed by atoms with Gasteiger partial charge in [-0.15, -0.1) is 0 Å². The highest BCUT2D eigenvalue weighted by Crippen LogP contribution is 2.35. The number of carbonyl (C=O) groups excluding carboxylic acids is 3. The van der Waals surface area contributed by atoms with Crippen molar-refractivity contribution in [3.63, 3.8) is 0 Å². The number of nitrogens with one attached hydrogen (secondary N) is 1. The Morgan fingerprint density at radius 1 is 1.05 bits per heavy atom. The molecule has 3 aliphatic heterocycles. The average molecular weight is 535 g/mol. The maximum absolute atomic E-state index is 14.7. The lowest BCUT2D eigenvalue weighted by atomic mass is 9.94. The van der Waals surface area contributed by atoms with E-state index in [-0.39, 0.29) is 31.0 Å². The number of amides is 3. The van der Waals surface area contributed by atoms with Crippen LogP contribution in [-0.2, 0) is 19.2 Å². The van der Waals surface area contributed by atoms with Crippen LogP contribution in [0.2, 0.25) is 0 Å². The van der Waals surface area contributed by atoms with Gasteiger partial charge in [-0.1, -0.05) is 73.6 Å². The van der Waals surface area contributed by atoms with E-state index in [1.807, 2.05) is 42.5 Å². The van der Waals surface area contributed by atoms with Crippen LogP contribution in [0.4, 0.5) is 4.39 Å². The molecule has 5 rings (SSSR count). The molecule has 3 aliphatic rings. The number of hydrogen-bond acceptors (Lipinski definition) is 5. The molecule has 0 aromatic heterocycles. The van der Waals surface area contributed by atoms with E-state index in [2.05, 4.69) is 36.5 Å². The summed E-state index contributed by atoms with van der Waals surface area (Å²) < 4.78 is 14.7. The number of hydrogen-bond donors (Lipinski definition) is 1. The lowest BCUT2D eigenvalue weighted by molar-refractivity contribution is -0.134. The Balaban J connectivity index is 1.33. The van der Waals surface area contributed by atoms with Crippen LogP contribution in [0.25, 0.3) is 0 Å². The number of likely N-dealkylation sites (tertiary alicyclic amines) is 2. The Morgan fingerprint density at radius 3 is 2.36 bits per heavy atom. The van der Waals surface area contributed by atoms with E-state index in [9.17, 15) is 18.8 Å². The first-order valence-electron chi connectivity index (χ1n) is 13.6. The molecule has 4 atom stereocenters. The van der Waals surface area contributed by atoms with Crippen LogP contribution in [0.15, 0.2) is 59.8 Å². The zero-order valence-corrected chi connectivity index (χ0v) is 22.6. The van der Waals surface area contributed by atoms with E-state index in [0.29, 0.717) is 25.4 Å². The van der Waals surface area contributed by atoms with Crippen molar-refractivity contribution in [2.24, 2.45) is 5.16 Å². The molecule has 206 valence electrons. The molecule has 3 heterocycles. The molecule has 39 heavy (non-hydrogen) atoms. The largest absolute Gasteiger partial charge is 0.386 e. The van der Waals surface area contributed by atoms with Crippen LogP contribution >= 0.6 is 0 Å². The van der Waals surface area contributed by atoms with Crippen LogP contribution in [0.5, 0.6) is 0 Å². The van der Waals surface area contributed by atoms with Crippen molar-refractivity contribution in [2.45, 2.75) is 69.8 Å². The summed E-state index contributed by atoms with van der Waals surface area (Å²) >= 11 is 0. The number of halogens is 1.